The van der Waals surface area contributed by atoms with Crippen LogP contribution in [0.2, 0.25) is 0 Å². The highest BCUT2D eigenvalue weighted by Gasteiger charge is 2.61. The summed E-state index contributed by atoms with van der Waals surface area (Å²) in [5.41, 5.74) is 2.50. The van der Waals surface area contributed by atoms with Gasteiger partial charge in [0.15, 0.2) is 0 Å². The zero-order valence-corrected chi connectivity index (χ0v) is 16.3. The maximum atomic E-state index is 12.2. The largest absolute Gasteiger partial charge is 0.353 e. The smallest absolute Gasteiger partial charge is 0.230 e. The van der Waals surface area contributed by atoms with Crippen molar-refractivity contribution < 1.29 is 4.79 Å². The van der Waals surface area contributed by atoms with Gasteiger partial charge in [0.25, 0.3) is 0 Å². The van der Waals surface area contributed by atoms with Crippen molar-refractivity contribution in [2.75, 3.05) is 5.75 Å². The van der Waals surface area contributed by atoms with E-state index in [1.54, 1.807) is 0 Å². The van der Waals surface area contributed by atoms with Gasteiger partial charge in [-0.25, -0.2) is 4.98 Å². The van der Waals surface area contributed by atoms with E-state index in [-0.39, 0.29) is 16.7 Å². The minimum Gasteiger partial charge on any atom is -0.353 e. The van der Waals surface area contributed by atoms with E-state index in [0.29, 0.717) is 22.9 Å². The van der Waals surface area contributed by atoms with Crippen LogP contribution in [0.1, 0.15) is 83.0 Å². The maximum absolute atomic E-state index is 12.2. The van der Waals surface area contributed by atoms with Crippen LogP contribution in [0.25, 0.3) is 0 Å². The van der Waals surface area contributed by atoms with Crippen molar-refractivity contribution in [2.45, 2.75) is 88.2 Å². The molecule has 1 aromatic heterocycles. The van der Waals surface area contributed by atoms with Gasteiger partial charge in [0.1, 0.15) is 0 Å². The van der Waals surface area contributed by atoms with Crippen LogP contribution >= 0.6 is 11.8 Å². The Balaban J connectivity index is 1.41. The predicted molar refractivity (Wildman–Crippen MR) is 98.7 cm³/mol. The highest BCUT2D eigenvalue weighted by Crippen LogP contribution is 2.66. The number of nitrogens with zero attached hydrogens (tertiary/aromatic N) is 3. The molecule has 0 aromatic carbocycles. The van der Waals surface area contributed by atoms with E-state index in [4.69, 9.17) is 4.98 Å². The third-order valence-electron chi connectivity index (χ3n) is 7.08. The van der Waals surface area contributed by atoms with Gasteiger partial charge >= 0.3 is 0 Å². The molecule has 0 saturated heterocycles. The topological polar surface area (TPSA) is 67.8 Å². The van der Waals surface area contributed by atoms with Gasteiger partial charge in [-0.3, -0.25) is 4.79 Å². The zero-order valence-electron chi connectivity index (χ0n) is 15.5. The molecule has 25 heavy (non-hydrogen) atoms. The highest BCUT2D eigenvalue weighted by atomic mass is 32.2. The number of fused-ring (bicyclic) bond motifs is 5. The molecule has 2 unspecified atom stereocenters. The van der Waals surface area contributed by atoms with Gasteiger partial charge in [0.05, 0.1) is 17.1 Å². The number of rotatable bonds is 4. The molecule has 5 nitrogen and oxygen atoms in total. The second-order valence-corrected chi connectivity index (χ2v) is 9.61. The first kappa shape index (κ1) is 17.3. The Bertz CT molecular complexity index is 686. The predicted octanol–water partition coefficient (Wildman–Crippen LogP) is 3.59. The van der Waals surface area contributed by atoms with Crippen LogP contribution in [-0.4, -0.2) is 32.9 Å². The monoisotopic (exact) mass is 360 g/mol. The van der Waals surface area contributed by atoms with E-state index < -0.39 is 0 Å². The van der Waals surface area contributed by atoms with Crippen molar-refractivity contribution in [3.8, 4) is 0 Å². The van der Waals surface area contributed by atoms with Gasteiger partial charge < -0.3 is 5.32 Å². The molecule has 3 aliphatic rings. The highest BCUT2D eigenvalue weighted by molar-refractivity contribution is 7.99. The summed E-state index contributed by atoms with van der Waals surface area (Å²) in [6.45, 7) is 6.98. The number of nitrogens with one attached hydrogen (secondary N) is 1. The summed E-state index contributed by atoms with van der Waals surface area (Å²) < 4.78 is 0. The Morgan fingerprint density at radius 1 is 1.16 bits per heavy atom. The van der Waals surface area contributed by atoms with Crippen molar-refractivity contribution in [2.24, 2.45) is 5.41 Å². The first-order valence-electron chi connectivity index (χ1n) is 9.59. The van der Waals surface area contributed by atoms with Gasteiger partial charge in [0.2, 0.25) is 11.1 Å². The molecule has 136 valence electrons. The van der Waals surface area contributed by atoms with E-state index in [0.717, 1.165) is 24.2 Å². The summed E-state index contributed by atoms with van der Waals surface area (Å²) in [5, 5.41) is 12.6. The van der Waals surface area contributed by atoms with Crippen LogP contribution in [0.15, 0.2) is 5.16 Å². The maximum Gasteiger partial charge on any atom is 0.230 e. The van der Waals surface area contributed by atoms with Crippen molar-refractivity contribution in [1.82, 2.24) is 20.5 Å². The summed E-state index contributed by atoms with van der Waals surface area (Å²) in [7, 11) is 0. The van der Waals surface area contributed by atoms with Gasteiger partial charge in [-0.15, -0.1) is 5.10 Å². The molecule has 2 atom stereocenters. The van der Waals surface area contributed by atoms with Crippen molar-refractivity contribution in [1.29, 1.82) is 0 Å². The third kappa shape index (κ3) is 2.77. The Kier molecular flexibility index (Phi) is 4.29. The fourth-order valence-electron chi connectivity index (χ4n) is 5.07. The van der Waals surface area contributed by atoms with Crippen LogP contribution in [0.4, 0.5) is 0 Å². The summed E-state index contributed by atoms with van der Waals surface area (Å²) in [6, 6.07) is 0.358. The minimum absolute atomic E-state index is 0.0859. The van der Waals surface area contributed by atoms with Crippen LogP contribution < -0.4 is 5.32 Å². The third-order valence-corrected chi connectivity index (χ3v) is 7.91. The van der Waals surface area contributed by atoms with E-state index in [9.17, 15) is 4.79 Å². The molecule has 2 saturated carbocycles. The fourth-order valence-corrected chi connectivity index (χ4v) is 5.67. The molecular formula is C19H28N4OS. The summed E-state index contributed by atoms with van der Waals surface area (Å²) in [6.07, 6.45) is 8.33. The Morgan fingerprint density at radius 3 is 2.68 bits per heavy atom. The van der Waals surface area contributed by atoms with E-state index in [1.807, 2.05) is 0 Å². The average molecular weight is 361 g/mol. The number of carbonyl (C=O) groups is 1. The Morgan fingerprint density at radius 2 is 1.92 bits per heavy atom. The van der Waals surface area contributed by atoms with Crippen LogP contribution in [0.3, 0.4) is 0 Å². The number of thioether (sulfide) groups is 1. The van der Waals surface area contributed by atoms with Crippen molar-refractivity contribution in [3.05, 3.63) is 11.4 Å². The lowest BCUT2D eigenvalue weighted by atomic mass is 9.70. The van der Waals surface area contributed by atoms with Gasteiger partial charge in [-0.05, 0) is 31.1 Å². The minimum atomic E-state index is 0.0859. The standard InChI is InChI=1S/C19H28N4OS/c1-18(2)13-9-10-19(18,3)16-15(13)22-23-17(21-16)25-11-14(24)20-12-7-5-4-6-8-12/h12-13H,4-11H2,1-3H3,(H,20,24). The lowest BCUT2D eigenvalue weighted by Gasteiger charge is -2.33. The SMILES string of the molecule is CC12CCC(c3nnc(SCC(=O)NC4CCCCC4)nc31)C2(C)C. The van der Waals surface area contributed by atoms with Gasteiger partial charge in [-0.1, -0.05) is 51.8 Å². The van der Waals surface area contributed by atoms with E-state index >= 15 is 0 Å². The molecule has 0 spiro atoms. The van der Waals surface area contributed by atoms with Gasteiger partial charge in [0, 0.05) is 17.4 Å². The van der Waals surface area contributed by atoms with Crippen molar-refractivity contribution >= 4 is 17.7 Å². The van der Waals surface area contributed by atoms with Crippen LogP contribution in [-0.2, 0) is 10.2 Å². The lowest BCUT2D eigenvalue weighted by molar-refractivity contribution is -0.119. The number of amides is 1. The average Bonchev–Trinajstić information content (AvgIpc) is 2.93. The number of carbonyl (C=O) groups excluding carboxylic acids is 1. The molecule has 4 rings (SSSR count). The molecule has 3 aliphatic carbocycles. The number of hydrogen-bond donors (Lipinski definition) is 1. The Hall–Kier alpha value is -1.17. The molecule has 6 heteroatoms. The molecule has 1 aromatic rings. The van der Waals surface area contributed by atoms with Crippen molar-refractivity contribution in [3.63, 3.8) is 0 Å². The first-order valence-corrected chi connectivity index (χ1v) is 10.6. The molecular weight excluding hydrogens is 332 g/mol. The fraction of sp³-hybridized carbons (Fsp3) is 0.789. The van der Waals surface area contributed by atoms with Crippen LogP contribution in [0, 0.1) is 5.41 Å². The number of aromatic nitrogens is 3. The molecule has 0 aliphatic heterocycles. The lowest BCUT2D eigenvalue weighted by Crippen LogP contribution is -2.37. The summed E-state index contributed by atoms with van der Waals surface area (Å²) in [5.74, 6) is 0.941. The van der Waals surface area contributed by atoms with E-state index in [1.165, 1.54) is 43.9 Å². The number of hydrogen-bond acceptors (Lipinski definition) is 5. The van der Waals surface area contributed by atoms with E-state index in [2.05, 4.69) is 36.3 Å². The molecule has 1 N–H and O–H groups in total. The summed E-state index contributed by atoms with van der Waals surface area (Å²) >= 11 is 1.41. The molecule has 2 fully saturated rings. The van der Waals surface area contributed by atoms with Gasteiger partial charge in [-0.2, -0.15) is 5.10 Å². The zero-order chi connectivity index (χ0) is 17.7. The quantitative estimate of drug-likeness (QED) is 0.831. The molecule has 2 bridgehead atoms. The second-order valence-electron chi connectivity index (χ2n) is 8.66. The normalized spacial score (nSPS) is 30.3. The molecule has 0 radical (unpaired) electrons. The summed E-state index contributed by atoms with van der Waals surface area (Å²) in [4.78, 5) is 17.0. The molecule has 1 heterocycles. The Labute approximate surface area is 154 Å². The second kappa shape index (κ2) is 6.22. The van der Waals surface area contributed by atoms with Crippen LogP contribution in [0.5, 0.6) is 0 Å². The molecule has 1 amide bonds. The first-order chi connectivity index (χ1) is 11.9.